The van der Waals surface area contributed by atoms with Gasteiger partial charge in [0, 0.05) is 22.9 Å². The first kappa shape index (κ1) is 20.6. The van der Waals surface area contributed by atoms with E-state index in [1.165, 1.54) is 18.2 Å². The Hall–Kier alpha value is -3.70. The number of aryl methyl sites for hydroxylation is 1. The van der Waals surface area contributed by atoms with Crippen molar-refractivity contribution in [2.75, 3.05) is 7.11 Å². The molecule has 0 spiro atoms. The summed E-state index contributed by atoms with van der Waals surface area (Å²) in [4.78, 5) is 0. The molecule has 9 heteroatoms. The number of nitrogens with one attached hydrogen (secondary N) is 1. The Labute approximate surface area is 182 Å². The number of aromatic nitrogens is 2. The number of ether oxygens (including phenoxy) is 3. The summed E-state index contributed by atoms with van der Waals surface area (Å²) >= 11 is 5.83. The number of halogens is 2. The fourth-order valence-electron chi connectivity index (χ4n) is 3.55. The lowest BCUT2D eigenvalue weighted by atomic mass is 9.83. The highest BCUT2D eigenvalue weighted by Gasteiger charge is 2.34. The van der Waals surface area contributed by atoms with E-state index in [-0.39, 0.29) is 17.5 Å². The maximum atomic E-state index is 13.4. The smallest absolute Gasteiger partial charge is 0.244 e. The predicted molar refractivity (Wildman–Crippen MR) is 111 cm³/mol. The average molecular weight is 441 g/mol. The zero-order chi connectivity index (χ0) is 22.1. The van der Waals surface area contributed by atoms with Crippen LogP contribution in [0.1, 0.15) is 28.3 Å². The molecule has 1 aliphatic heterocycles. The number of rotatable bonds is 5. The molecule has 1 atom stereocenters. The molecule has 2 heterocycles. The maximum absolute atomic E-state index is 13.4. The minimum atomic E-state index is -0.521. The SMILES string of the molecule is COc1ccc(C2C(C#N)=C(N)Oc3n[nH]c(C)c32)cc1COc1ccc(F)c(Cl)c1. The molecule has 1 aliphatic rings. The van der Waals surface area contributed by atoms with E-state index >= 15 is 0 Å². The first-order chi connectivity index (χ1) is 14.9. The Bertz CT molecular complexity index is 1230. The van der Waals surface area contributed by atoms with Gasteiger partial charge in [0.05, 0.1) is 18.1 Å². The summed E-state index contributed by atoms with van der Waals surface area (Å²) in [5.74, 6) is 0.392. The quantitative estimate of drug-likeness (QED) is 0.612. The summed E-state index contributed by atoms with van der Waals surface area (Å²) in [7, 11) is 1.55. The third-order valence-corrected chi connectivity index (χ3v) is 5.34. The fraction of sp³-hybridized carbons (Fsp3) is 0.182. The van der Waals surface area contributed by atoms with E-state index in [2.05, 4.69) is 16.3 Å². The van der Waals surface area contributed by atoms with E-state index in [1.807, 2.05) is 19.1 Å². The minimum Gasteiger partial charge on any atom is -0.496 e. The number of nitrogens with two attached hydrogens (primary N) is 1. The molecule has 0 amide bonds. The van der Waals surface area contributed by atoms with Crippen molar-refractivity contribution < 1.29 is 18.6 Å². The number of methoxy groups -OCH3 is 1. The minimum absolute atomic E-state index is 0.0149. The molecule has 0 fully saturated rings. The second-order valence-corrected chi connectivity index (χ2v) is 7.34. The lowest BCUT2D eigenvalue weighted by molar-refractivity contribution is 0.296. The second-order valence-electron chi connectivity index (χ2n) is 6.93. The normalized spacial score (nSPS) is 15.1. The van der Waals surface area contributed by atoms with E-state index in [0.717, 1.165) is 22.4 Å². The van der Waals surface area contributed by atoms with Crippen molar-refractivity contribution in [3.8, 4) is 23.4 Å². The molecule has 0 radical (unpaired) electrons. The monoisotopic (exact) mass is 440 g/mol. The summed E-state index contributed by atoms with van der Waals surface area (Å²) in [6.45, 7) is 1.99. The zero-order valence-corrected chi connectivity index (χ0v) is 17.5. The Morgan fingerprint density at radius 3 is 2.84 bits per heavy atom. The Kier molecular flexibility index (Phi) is 5.44. The summed E-state index contributed by atoms with van der Waals surface area (Å²) in [5.41, 5.74) is 9.32. The van der Waals surface area contributed by atoms with Crippen LogP contribution in [0.3, 0.4) is 0 Å². The molecule has 1 unspecified atom stereocenters. The number of nitriles is 1. The Morgan fingerprint density at radius 1 is 1.32 bits per heavy atom. The first-order valence-electron chi connectivity index (χ1n) is 9.30. The van der Waals surface area contributed by atoms with Gasteiger partial charge in [-0.15, -0.1) is 5.10 Å². The molecule has 1 aromatic heterocycles. The topological polar surface area (TPSA) is 106 Å². The largest absolute Gasteiger partial charge is 0.496 e. The number of benzene rings is 2. The van der Waals surface area contributed by atoms with Crippen LogP contribution in [-0.4, -0.2) is 17.3 Å². The number of hydrogen-bond donors (Lipinski definition) is 2. The number of H-pyrrole nitrogens is 1. The van der Waals surface area contributed by atoms with Crippen molar-refractivity contribution in [2.45, 2.75) is 19.4 Å². The van der Waals surface area contributed by atoms with Crippen molar-refractivity contribution in [3.63, 3.8) is 0 Å². The molecule has 158 valence electrons. The lowest BCUT2D eigenvalue weighted by Gasteiger charge is -2.24. The van der Waals surface area contributed by atoms with Crippen LogP contribution in [0, 0.1) is 24.1 Å². The van der Waals surface area contributed by atoms with Crippen LogP contribution >= 0.6 is 11.6 Å². The van der Waals surface area contributed by atoms with Crippen LogP contribution in [0.2, 0.25) is 5.02 Å². The van der Waals surface area contributed by atoms with Crippen molar-refractivity contribution in [1.82, 2.24) is 10.2 Å². The highest BCUT2D eigenvalue weighted by molar-refractivity contribution is 6.30. The summed E-state index contributed by atoms with van der Waals surface area (Å²) < 4.78 is 30.2. The molecular formula is C22H18ClFN4O3. The van der Waals surface area contributed by atoms with Crippen molar-refractivity contribution in [2.24, 2.45) is 5.73 Å². The third-order valence-electron chi connectivity index (χ3n) is 5.05. The number of allylic oxidation sites excluding steroid dienone is 1. The molecule has 3 N–H and O–H groups in total. The molecule has 0 aliphatic carbocycles. The number of hydrogen-bond acceptors (Lipinski definition) is 6. The highest BCUT2D eigenvalue weighted by atomic mass is 35.5. The van der Waals surface area contributed by atoms with Crippen molar-refractivity contribution in [1.29, 1.82) is 5.26 Å². The van der Waals surface area contributed by atoms with E-state index in [1.54, 1.807) is 13.2 Å². The Morgan fingerprint density at radius 2 is 2.13 bits per heavy atom. The molecule has 0 bridgehead atoms. The number of aromatic amines is 1. The fourth-order valence-corrected chi connectivity index (χ4v) is 3.72. The van der Waals surface area contributed by atoms with Crippen LogP contribution in [0.5, 0.6) is 17.4 Å². The van der Waals surface area contributed by atoms with Crippen molar-refractivity contribution >= 4 is 11.6 Å². The maximum Gasteiger partial charge on any atom is 0.244 e. The first-order valence-corrected chi connectivity index (χ1v) is 9.67. The van der Waals surface area contributed by atoms with Gasteiger partial charge in [0.25, 0.3) is 0 Å². The highest BCUT2D eigenvalue weighted by Crippen LogP contribution is 2.43. The van der Waals surface area contributed by atoms with Gasteiger partial charge in [0.15, 0.2) is 0 Å². The summed E-state index contributed by atoms with van der Waals surface area (Å²) in [6, 6.07) is 11.8. The molecule has 0 saturated heterocycles. The van der Waals surface area contributed by atoms with Gasteiger partial charge >= 0.3 is 0 Å². The van der Waals surface area contributed by atoms with Crippen molar-refractivity contribution in [3.05, 3.63) is 81.1 Å². The van der Waals surface area contributed by atoms with Crippen LogP contribution in [0.4, 0.5) is 4.39 Å². The number of fused-ring (bicyclic) bond motifs is 1. The standard InChI is InChI=1S/C22H18ClFN4O3/c1-11-19-20(15(9-25)21(26)31-22(19)28-27-11)12-3-6-18(29-2)13(7-12)10-30-14-4-5-17(24)16(23)8-14/h3-8,20H,10,26H2,1-2H3,(H,27,28). The van der Waals surface area contributed by atoms with Gasteiger partial charge in [-0.05, 0) is 36.8 Å². The molecule has 3 aromatic rings. The van der Waals surface area contributed by atoms with E-state index in [0.29, 0.717) is 23.0 Å². The third kappa shape index (κ3) is 3.76. The van der Waals surface area contributed by atoms with Gasteiger partial charge in [-0.25, -0.2) is 4.39 Å². The van der Waals surface area contributed by atoms with Crippen LogP contribution in [-0.2, 0) is 6.61 Å². The van der Waals surface area contributed by atoms with Gasteiger partial charge in [0.2, 0.25) is 11.8 Å². The molecule has 0 saturated carbocycles. The van der Waals surface area contributed by atoms with Gasteiger partial charge in [-0.2, -0.15) is 5.26 Å². The van der Waals surface area contributed by atoms with Gasteiger partial charge in [-0.1, -0.05) is 17.7 Å². The molecule has 31 heavy (non-hydrogen) atoms. The lowest BCUT2D eigenvalue weighted by Crippen LogP contribution is -2.21. The van der Waals surface area contributed by atoms with Gasteiger partial charge in [-0.3, -0.25) is 5.10 Å². The van der Waals surface area contributed by atoms with Crippen LogP contribution in [0.15, 0.2) is 47.9 Å². The van der Waals surface area contributed by atoms with Crippen LogP contribution < -0.4 is 19.9 Å². The molecular weight excluding hydrogens is 423 g/mol. The average Bonchev–Trinajstić information content (AvgIpc) is 3.13. The number of nitrogens with zero attached hydrogens (tertiary/aromatic N) is 2. The molecule has 7 nitrogen and oxygen atoms in total. The van der Waals surface area contributed by atoms with Crippen LogP contribution in [0.25, 0.3) is 0 Å². The van der Waals surface area contributed by atoms with Gasteiger partial charge < -0.3 is 19.9 Å². The predicted octanol–water partition coefficient (Wildman–Crippen LogP) is 4.32. The van der Waals surface area contributed by atoms with E-state index in [9.17, 15) is 9.65 Å². The van der Waals surface area contributed by atoms with E-state index < -0.39 is 11.7 Å². The molecule has 2 aromatic carbocycles. The molecule has 4 rings (SSSR count). The van der Waals surface area contributed by atoms with E-state index in [4.69, 9.17) is 31.5 Å². The summed E-state index contributed by atoms with van der Waals surface area (Å²) in [6.07, 6.45) is 0. The zero-order valence-electron chi connectivity index (χ0n) is 16.7. The van der Waals surface area contributed by atoms with Gasteiger partial charge in [0.1, 0.15) is 35.6 Å². The Balaban J connectivity index is 1.72. The summed E-state index contributed by atoms with van der Waals surface area (Å²) in [5, 5.41) is 16.7. The second kappa shape index (κ2) is 8.20.